The monoisotopic (exact) mass is 299 g/mol. The van der Waals surface area contributed by atoms with Crippen molar-refractivity contribution in [3.63, 3.8) is 0 Å². The summed E-state index contributed by atoms with van der Waals surface area (Å²) in [6.07, 6.45) is -3.57. The third-order valence-corrected chi connectivity index (χ3v) is 2.79. The number of rotatable bonds is 2. The van der Waals surface area contributed by atoms with Gasteiger partial charge in [0, 0.05) is 11.8 Å². The number of alkyl halides is 3. The highest BCUT2D eigenvalue weighted by Gasteiger charge is 2.33. The fraction of sp³-hybridized carbons (Fsp3) is 0.0769. The minimum atomic E-state index is -4.78. The Morgan fingerprint density at radius 3 is 2.33 bits per heavy atom. The van der Waals surface area contributed by atoms with E-state index < -0.39 is 23.5 Å². The first-order valence-corrected chi connectivity index (χ1v) is 5.62. The van der Waals surface area contributed by atoms with Gasteiger partial charge in [0.2, 0.25) is 0 Å². The summed E-state index contributed by atoms with van der Waals surface area (Å²) in [7, 11) is 0. The van der Waals surface area contributed by atoms with Gasteiger partial charge >= 0.3 is 6.18 Å². The maximum Gasteiger partial charge on any atom is 0.419 e. The molecule has 2 aromatic rings. The average Bonchev–Trinajstić information content (AvgIpc) is 2.37. The first-order chi connectivity index (χ1) is 9.70. The van der Waals surface area contributed by atoms with Crippen molar-refractivity contribution in [2.45, 2.75) is 6.18 Å². The van der Waals surface area contributed by atoms with E-state index in [0.29, 0.717) is 12.1 Å². The van der Waals surface area contributed by atoms with Crippen LogP contribution in [0.3, 0.4) is 0 Å². The fourth-order valence-corrected chi connectivity index (χ4v) is 1.76. The Kier molecular flexibility index (Phi) is 3.54. The van der Waals surface area contributed by atoms with Crippen molar-refractivity contribution < 1.29 is 22.4 Å². The maximum absolute atomic E-state index is 13.5. The lowest BCUT2D eigenvalue weighted by molar-refractivity contribution is -0.139. The zero-order valence-electron chi connectivity index (χ0n) is 10.4. The second-order valence-corrected chi connectivity index (χ2v) is 4.21. The highest BCUT2D eigenvalue weighted by atomic mass is 19.4. The Morgan fingerprint density at radius 2 is 1.81 bits per heavy atom. The first kappa shape index (κ1) is 14.8. The molecule has 21 heavy (non-hydrogen) atoms. The number of pyridine rings is 1. The molecule has 0 spiro atoms. The molecule has 0 radical (unpaired) electrons. The molecule has 1 aromatic heterocycles. The maximum atomic E-state index is 13.5. The van der Waals surface area contributed by atoms with Crippen molar-refractivity contribution in [3.05, 3.63) is 47.4 Å². The first-order valence-electron chi connectivity index (χ1n) is 5.62. The second kappa shape index (κ2) is 5.04. The Hall–Kier alpha value is -2.64. The van der Waals surface area contributed by atoms with Crippen molar-refractivity contribution in [3.8, 4) is 11.1 Å². The number of amides is 1. The Labute approximate surface area is 116 Å². The zero-order chi connectivity index (χ0) is 15.8. The predicted molar refractivity (Wildman–Crippen MR) is 67.6 cm³/mol. The summed E-state index contributed by atoms with van der Waals surface area (Å²) >= 11 is 0. The molecular formula is C13H9F4N3O. The van der Waals surface area contributed by atoms with E-state index >= 15 is 0 Å². The van der Waals surface area contributed by atoms with Crippen LogP contribution in [0.4, 0.5) is 23.4 Å². The van der Waals surface area contributed by atoms with E-state index in [-0.39, 0.29) is 22.5 Å². The molecule has 0 saturated heterocycles. The molecule has 0 fully saturated rings. The number of nitrogens with zero attached hydrogens (tertiary/aromatic N) is 1. The molecule has 1 heterocycles. The molecule has 4 nitrogen and oxygen atoms in total. The van der Waals surface area contributed by atoms with Gasteiger partial charge in [-0.25, -0.2) is 9.37 Å². The highest BCUT2D eigenvalue weighted by Crippen LogP contribution is 2.33. The van der Waals surface area contributed by atoms with Crippen molar-refractivity contribution >= 4 is 11.7 Å². The number of halogens is 4. The number of hydrogen-bond donors (Lipinski definition) is 2. The van der Waals surface area contributed by atoms with Crippen LogP contribution in [0.2, 0.25) is 0 Å². The Balaban J connectivity index is 2.51. The lowest BCUT2D eigenvalue weighted by Crippen LogP contribution is -2.14. The normalized spacial score (nSPS) is 11.4. The molecule has 0 atom stereocenters. The van der Waals surface area contributed by atoms with E-state index in [2.05, 4.69) is 4.98 Å². The number of aromatic nitrogens is 1. The highest BCUT2D eigenvalue weighted by molar-refractivity contribution is 5.98. The summed E-state index contributed by atoms with van der Waals surface area (Å²) in [4.78, 5) is 14.8. The van der Waals surface area contributed by atoms with Crippen LogP contribution in [0.1, 0.15) is 15.9 Å². The van der Waals surface area contributed by atoms with Gasteiger partial charge in [0.1, 0.15) is 11.6 Å². The number of benzene rings is 1. The van der Waals surface area contributed by atoms with Gasteiger partial charge in [-0.3, -0.25) is 4.79 Å². The van der Waals surface area contributed by atoms with Crippen LogP contribution in [0.5, 0.6) is 0 Å². The zero-order valence-corrected chi connectivity index (χ0v) is 10.4. The molecule has 2 rings (SSSR count). The quantitative estimate of drug-likeness (QED) is 0.836. The summed E-state index contributed by atoms with van der Waals surface area (Å²) in [6.45, 7) is 0. The fourth-order valence-electron chi connectivity index (χ4n) is 1.76. The molecule has 4 N–H and O–H groups in total. The van der Waals surface area contributed by atoms with E-state index in [1.54, 1.807) is 0 Å². The third-order valence-electron chi connectivity index (χ3n) is 2.79. The summed E-state index contributed by atoms with van der Waals surface area (Å²) in [5, 5.41) is 0. The van der Waals surface area contributed by atoms with Crippen LogP contribution in [0, 0.1) is 5.82 Å². The topological polar surface area (TPSA) is 82.0 Å². The molecule has 0 unspecified atom stereocenters. The SMILES string of the molecule is NC(=O)c1cc(-c2ccc(C(F)(F)F)c(F)c2)cnc1N. The lowest BCUT2D eigenvalue weighted by atomic mass is 10.0. The molecule has 8 heteroatoms. The van der Waals surface area contributed by atoms with Crippen LogP contribution in [-0.4, -0.2) is 10.9 Å². The molecule has 110 valence electrons. The molecule has 0 saturated carbocycles. The summed E-state index contributed by atoms with van der Waals surface area (Å²) < 4.78 is 50.9. The number of anilines is 1. The largest absolute Gasteiger partial charge is 0.419 e. The van der Waals surface area contributed by atoms with Gasteiger partial charge in [0.25, 0.3) is 5.91 Å². The second-order valence-electron chi connectivity index (χ2n) is 4.21. The van der Waals surface area contributed by atoms with Gasteiger partial charge in [-0.1, -0.05) is 6.07 Å². The molecule has 1 amide bonds. The average molecular weight is 299 g/mol. The number of nitrogens with two attached hydrogens (primary N) is 2. The van der Waals surface area contributed by atoms with Gasteiger partial charge in [0.15, 0.2) is 0 Å². The van der Waals surface area contributed by atoms with Crippen molar-refractivity contribution in [2.24, 2.45) is 5.73 Å². The van der Waals surface area contributed by atoms with Gasteiger partial charge in [-0.2, -0.15) is 13.2 Å². The minimum Gasteiger partial charge on any atom is -0.383 e. The van der Waals surface area contributed by atoms with Gasteiger partial charge in [-0.15, -0.1) is 0 Å². The van der Waals surface area contributed by atoms with E-state index in [9.17, 15) is 22.4 Å². The number of carbonyl (C=O) groups is 1. The Bertz CT molecular complexity index is 713. The molecule has 0 aliphatic heterocycles. The summed E-state index contributed by atoms with van der Waals surface area (Å²) in [6, 6.07) is 3.64. The van der Waals surface area contributed by atoms with Gasteiger partial charge in [-0.05, 0) is 23.8 Å². The summed E-state index contributed by atoms with van der Waals surface area (Å²) in [5.74, 6) is -2.37. The summed E-state index contributed by atoms with van der Waals surface area (Å²) in [5.41, 5.74) is 9.42. The number of carbonyl (C=O) groups excluding carboxylic acids is 1. The van der Waals surface area contributed by atoms with E-state index in [1.807, 2.05) is 0 Å². The number of hydrogen-bond acceptors (Lipinski definition) is 3. The van der Waals surface area contributed by atoms with Crippen LogP contribution in [0.25, 0.3) is 11.1 Å². The van der Waals surface area contributed by atoms with Crippen molar-refractivity contribution in [1.29, 1.82) is 0 Å². The van der Waals surface area contributed by atoms with Gasteiger partial charge in [0.05, 0.1) is 11.1 Å². The number of nitrogen functional groups attached to an aromatic ring is 1. The Morgan fingerprint density at radius 1 is 1.14 bits per heavy atom. The molecule has 0 aliphatic carbocycles. The molecule has 0 bridgehead atoms. The smallest absolute Gasteiger partial charge is 0.383 e. The third kappa shape index (κ3) is 2.93. The molecule has 0 aliphatic rings. The molecular weight excluding hydrogens is 290 g/mol. The van der Waals surface area contributed by atoms with Crippen LogP contribution in [0.15, 0.2) is 30.5 Å². The lowest BCUT2D eigenvalue weighted by Gasteiger charge is -2.10. The van der Waals surface area contributed by atoms with Crippen LogP contribution in [-0.2, 0) is 6.18 Å². The van der Waals surface area contributed by atoms with E-state index in [4.69, 9.17) is 11.5 Å². The molecule has 1 aromatic carbocycles. The van der Waals surface area contributed by atoms with Crippen molar-refractivity contribution in [2.75, 3.05) is 5.73 Å². The van der Waals surface area contributed by atoms with Crippen LogP contribution < -0.4 is 11.5 Å². The van der Waals surface area contributed by atoms with E-state index in [0.717, 1.165) is 6.07 Å². The van der Waals surface area contributed by atoms with E-state index in [1.165, 1.54) is 12.3 Å². The van der Waals surface area contributed by atoms with Gasteiger partial charge < -0.3 is 11.5 Å². The number of primary amides is 1. The minimum absolute atomic E-state index is 0.0900. The standard InChI is InChI=1S/C13H9F4N3O/c14-10-4-6(1-2-9(10)13(15,16)17)7-3-8(12(19)21)11(18)20-5-7/h1-5H,(H2,18,20)(H2,19,21). The van der Waals surface area contributed by atoms with Crippen LogP contribution >= 0.6 is 0 Å². The predicted octanol–water partition coefficient (Wildman–Crippen LogP) is 2.59. The van der Waals surface area contributed by atoms with Crippen molar-refractivity contribution in [1.82, 2.24) is 4.98 Å².